The third-order valence-corrected chi connectivity index (χ3v) is 4.78. The van der Waals surface area contributed by atoms with E-state index in [2.05, 4.69) is 10.6 Å². The number of carbonyl (C=O) groups is 2. The summed E-state index contributed by atoms with van der Waals surface area (Å²) in [5.74, 6) is -0.0135. The second-order valence-electron chi connectivity index (χ2n) is 5.31. The Bertz CT molecular complexity index is 770. The molecule has 1 amide bonds. The molecule has 0 unspecified atom stereocenters. The molecule has 1 aromatic heterocycles. The van der Waals surface area contributed by atoms with Crippen molar-refractivity contribution < 1.29 is 19.1 Å². The number of amides is 1. The molecule has 1 heterocycles. The van der Waals surface area contributed by atoms with E-state index in [9.17, 15) is 9.59 Å². The van der Waals surface area contributed by atoms with Gasteiger partial charge < -0.3 is 20.1 Å². The third-order valence-electron chi connectivity index (χ3n) is 3.65. The van der Waals surface area contributed by atoms with E-state index < -0.39 is 5.97 Å². The number of hydrogen-bond acceptors (Lipinski definition) is 6. The lowest BCUT2D eigenvalue weighted by Gasteiger charge is -2.12. The molecular formula is C18H22N2O4S. The van der Waals surface area contributed by atoms with Gasteiger partial charge in [-0.25, -0.2) is 4.79 Å². The number of methoxy groups -OCH3 is 1. The molecule has 0 aliphatic carbocycles. The number of hydrogen-bond donors (Lipinski definition) is 2. The maximum absolute atomic E-state index is 12.3. The van der Waals surface area contributed by atoms with Crippen molar-refractivity contribution in [2.75, 3.05) is 30.9 Å². The zero-order valence-corrected chi connectivity index (χ0v) is 15.6. The fourth-order valence-electron chi connectivity index (χ4n) is 2.30. The Kier molecular flexibility index (Phi) is 6.41. The first-order chi connectivity index (χ1) is 12.0. The van der Waals surface area contributed by atoms with Gasteiger partial charge in [-0.2, -0.15) is 0 Å². The predicted molar refractivity (Wildman–Crippen MR) is 99.9 cm³/mol. The lowest BCUT2D eigenvalue weighted by molar-refractivity contribution is -0.114. The summed E-state index contributed by atoms with van der Waals surface area (Å²) >= 11 is 1.36. The molecular weight excluding hydrogens is 340 g/mol. The average Bonchev–Trinajstić information content (AvgIpc) is 2.87. The van der Waals surface area contributed by atoms with Crippen LogP contribution in [0.3, 0.4) is 0 Å². The van der Waals surface area contributed by atoms with Crippen LogP contribution in [0.1, 0.15) is 27.7 Å². The van der Waals surface area contributed by atoms with Crippen molar-refractivity contribution in [3.05, 3.63) is 40.3 Å². The standard InChI is InChI=1S/C18H22N2O4S/c1-5-24-14-9-7-6-8-13(14)19-10-15(21)20-17-16(18(22)23-4)11(2)12(3)25-17/h6-9,19H,5,10H2,1-4H3,(H,20,21). The normalized spacial score (nSPS) is 10.2. The Morgan fingerprint density at radius 2 is 1.92 bits per heavy atom. The van der Waals surface area contributed by atoms with Crippen LogP contribution in [0.15, 0.2) is 24.3 Å². The van der Waals surface area contributed by atoms with Crippen molar-refractivity contribution in [3.63, 3.8) is 0 Å². The largest absolute Gasteiger partial charge is 0.492 e. The van der Waals surface area contributed by atoms with E-state index >= 15 is 0 Å². The number of aryl methyl sites for hydroxylation is 1. The van der Waals surface area contributed by atoms with Crippen LogP contribution in [0, 0.1) is 13.8 Å². The minimum absolute atomic E-state index is 0.0562. The molecule has 0 radical (unpaired) electrons. The topological polar surface area (TPSA) is 76.7 Å². The molecule has 0 fully saturated rings. The van der Waals surface area contributed by atoms with Gasteiger partial charge in [0, 0.05) is 4.88 Å². The number of nitrogens with one attached hydrogen (secondary N) is 2. The van der Waals surface area contributed by atoms with Crippen LogP contribution in [0.2, 0.25) is 0 Å². The van der Waals surface area contributed by atoms with Gasteiger partial charge in [-0.3, -0.25) is 4.79 Å². The number of para-hydroxylation sites is 2. The van der Waals surface area contributed by atoms with Gasteiger partial charge in [0.25, 0.3) is 0 Å². The summed E-state index contributed by atoms with van der Waals surface area (Å²) in [5, 5.41) is 6.34. The number of carbonyl (C=O) groups excluding carboxylic acids is 2. The molecule has 6 nitrogen and oxygen atoms in total. The first-order valence-corrected chi connectivity index (χ1v) is 8.73. The number of thiophene rings is 1. The van der Waals surface area contributed by atoms with Crippen molar-refractivity contribution in [2.45, 2.75) is 20.8 Å². The second kappa shape index (κ2) is 8.53. The molecule has 2 rings (SSSR count). The average molecular weight is 362 g/mol. The first kappa shape index (κ1) is 18.8. The molecule has 7 heteroatoms. The molecule has 0 aliphatic rings. The molecule has 0 spiro atoms. The van der Waals surface area contributed by atoms with Gasteiger partial charge in [-0.1, -0.05) is 12.1 Å². The molecule has 0 saturated heterocycles. The van der Waals surface area contributed by atoms with E-state index in [-0.39, 0.29) is 12.5 Å². The highest BCUT2D eigenvalue weighted by Crippen LogP contribution is 2.33. The van der Waals surface area contributed by atoms with Gasteiger partial charge in [0.05, 0.1) is 31.5 Å². The Balaban J connectivity index is 2.07. The highest BCUT2D eigenvalue weighted by atomic mass is 32.1. The van der Waals surface area contributed by atoms with E-state index in [1.165, 1.54) is 18.4 Å². The van der Waals surface area contributed by atoms with Crippen LogP contribution in [-0.2, 0) is 9.53 Å². The van der Waals surface area contributed by atoms with Gasteiger partial charge in [-0.05, 0) is 38.5 Å². The maximum Gasteiger partial charge on any atom is 0.341 e. The summed E-state index contributed by atoms with van der Waals surface area (Å²) in [6, 6.07) is 7.42. The molecule has 2 aromatic rings. The Hall–Kier alpha value is -2.54. The van der Waals surface area contributed by atoms with Crippen molar-refractivity contribution in [2.24, 2.45) is 0 Å². The van der Waals surface area contributed by atoms with E-state index in [4.69, 9.17) is 9.47 Å². The molecule has 0 saturated carbocycles. The maximum atomic E-state index is 12.3. The van der Waals surface area contributed by atoms with Crippen molar-refractivity contribution in [1.29, 1.82) is 0 Å². The van der Waals surface area contributed by atoms with Crippen LogP contribution in [0.25, 0.3) is 0 Å². The zero-order valence-electron chi connectivity index (χ0n) is 14.8. The zero-order chi connectivity index (χ0) is 18.4. The van der Waals surface area contributed by atoms with E-state index in [1.54, 1.807) is 0 Å². The smallest absolute Gasteiger partial charge is 0.341 e. The Morgan fingerprint density at radius 1 is 1.20 bits per heavy atom. The molecule has 2 N–H and O–H groups in total. The van der Waals surface area contributed by atoms with E-state index in [1.807, 2.05) is 45.0 Å². The minimum atomic E-state index is -0.452. The van der Waals surface area contributed by atoms with E-state index in [0.717, 1.165) is 16.1 Å². The number of rotatable bonds is 7. The number of anilines is 2. The van der Waals surface area contributed by atoms with Crippen LogP contribution < -0.4 is 15.4 Å². The van der Waals surface area contributed by atoms with Gasteiger partial charge >= 0.3 is 5.97 Å². The molecule has 1 aromatic carbocycles. The molecule has 25 heavy (non-hydrogen) atoms. The van der Waals surface area contributed by atoms with Crippen LogP contribution in [0.4, 0.5) is 10.7 Å². The number of ether oxygens (including phenoxy) is 2. The Morgan fingerprint density at radius 3 is 2.60 bits per heavy atom. The summed E-state index contributed by atoms with van der Waals surface area (Å²) in [4.78, 5) is 25.2. The minimum Gasteiger partial charge on any atom is -0.492 e. The monoisotopic (exact) mass is 362 g/mol. The molecule has 0 aliphatic heterocycles. The summed E-state index contributed by atoms with van der Waals surface area (Å²) in [5.41, 5.74) is 1.97. The molecule has 0 atom stereocenters. The van der Waals surface area contributed by atoms with Crippen LogP contribution in [0.5, 0.6) is 5.75 Å². The van der Waals surface area contributed by atoms with Gasteiger partial charge in [0.15, 0.2) is 0 Å². The summed E-state index contributed by atoms with van der Waals surface area (Å²) < 4.78 is 10.3. The van der Waals surface area contributed by atoms with Gasteiger partial charge in [0.1, 0.15) is 10.8 Å². The van der Waals surface area contributed by atoms with Gasteiger partial charge in [0.2, 0.25) is 5.91 Å². The highest BCUT2D eigenvalue weighted by Gasteiger charge is 2.21. The molecule has 0 bridgehead atoms. The van der Waals surface area contributed by atoms with E-state index in [0.29, 0.717) is 22.9 Å². The summed E-state index contributed by atoms with van der Waals surface area (Å²) in [6.07, 6.45) is 0. The highest BCUT2D eigenvalue weighted by molar-refractivity contribution is 7.16. The van der Waals surface area contributed by atoms with Crippen LogP contribution in [-0.4, -0.2) is 32.1 Å². The van der Waals surface area contributed by atoms with Crippen molar-refractivity contribution >= 4 is 33.9 Å². The quantitative estimate of drug-likeness (QED) is 0.736. The lowest BCUT2D eigenvalue weighted by Crippen LogP contribution is -2.22. The van der Waals surface area contributed by atoms with Crippen molar-refractivity contribution in [1.82, 2.24) is 0 Å². The lowest BCUT2D eigenvalue weighted by atomic mass is 10.1. The summed E-state index contributed by atoms with van der Waals surface area (Å²) in [7, 11) is 1.33. The SMILES string of the molecule is CCOc1ccccc1NCC(=O)Nc1sc(C)c(C)c1C(=O)OC. The number of benzene rings is 1. The Labute approximate surface area is 151 Å². The predicted octanol–water partition coefficient (Wildman–Crippen LogP) is 3.60. The summed E-state index contributed by atoms with van der Waals surface area (Å²) in [6.45, 7) is 6.24. The number of esters is 1. The first-order valence-electron chi connectivity index (χ1n) is 7.91. The second-order valence-corrected chi connectivity index (χ2v) is 6.53. The molecule has 134 valence electrons. The third kappa shape index (κ3) is 4.51. The van der Waals surface area contributed by atoms with Crippen molar-refractivity contribution in [3.8, 4) is 5.75 Å². The fraction of sp³-hybridized carbons (Fsp3) is 0.333. The van der Waals surface area contributed by atoms with Gasteiger partial charge in [-0.15, -0.1) is 11.3 Å². The van der Waals surface area contributed by atoms with Crippen LogP contribution >= 0.6 is 11.3 Å². The fourth-order valence-corrected chi connectivity index (χ4v) is 3.37.